The Balaban J connectivity index is 1.72. The number of aliphatic hydroxyl groups is 1. The quantitative estimate of drug-likeness (QED) is 0.686. The van der Waals surface area contributed by atoms with Gasteiger partial charge in [-0.25, -0.2) is 0 Å². The molecule has 15 heavy (non-hydrogen) atoms. The van der Waals surface area contributed by atoms with E-state index in [4.69, 9.17) is 4.74 Å². The summed E-state index contributed by atoms with van der Waals surface area (Å²) < 4.78 is 5.34. The summed E-state index contributed by atoms with van der Waals surface area (Å²) >= 11 is 0. The van der Waals surface area contributed by atoms with Crippen LogP contribution in [0.3, 0.4) is 0 Å². The maximum atomic E-state index is 9.46. The van der Waals surface area contributed by atoms with Gasteiger partial charge in [0.1, 0.15) is 0 Å². The van der Waals surface area contributed by atoms with Gasteiger partial charge in [-0.15, -0.1) is 0 Å². The number of hydrogen-bond donors (Lipinski definition) is 2. The molecule has 0 spiro atoms. The van der Waals surface area contributed by atoms with E-state index in [-0.39, 0.29) is 6.10 Å². The molecule has 0 aromatic carbocycles. The minimum absolute atomic E-state index is 0.275. The molecule has 1 atom stereocenters. The van der Waals surface area contributed by atoms with E-state index in [0.717, 1.165) is 32.1 Å². The number of ether oxygens (including phenoxy) is 1. The van der Waals surface area contributed by atoms with Gasteiger partial charge in [-0.05, 0) is 31.6 Å². The molecule has 1 unspecified atom stereocenters. The summed E-state index contributed by atoms with van der Waals surface area (Å²) in [6, 6.07) is 0. The molecule has 2 aliphatic rings. The van der Waals surface area contributed by atoms with Gasteiger partial charge in [-0.2, -0.15) is 0 Å². The van der Waals surface area contributed by atoms with Crippen LogP contribution in [0.2, 0.25) is 0 Å². The fourth-order valence-electron chi connectivity index (χ4n) is 2.37. The first kappa shape index (κ1) is 11.1. The van der Waals surface area contributed by atoms with Crippen LogP contribution in [-0.4, -0.2) is 37.5 Å². The molecular formula is C12H21NO2. The maximum absolute atomic E-state index is 9.46. The van der Waals surface area contributed by atoms with E-state index in [0.29, 0.717) is 6.54 Å². The second-order valence-electron chi connectivity index (χ2n) is 4.62. The Morgan fingerprint density at radius 1 is 1.40 bits per heavy atom. The SMILES string of the molecule is OC1C=C(CCC2CCOCC2)CNC1. The Hall–Kier alpha value is -0.380. The number of hydrogen-bond acceptors (Lipinski definition) is 3. The number of aliphatic hydroxyl groups excluding tert-OH is 1. The van der Waals surface area contributed by atoms with Crippen LogP contribution in [-0.2, 0) is 4.74 Å². The fourth-order valence-corrected chi connectivity index (χ4v) is 2.37. The van der Waals surface area contributed by atoms with Gasteiger partial charge in [-0.3, -0.25) is 0 Å². The van der Waals surface area contributed by atoms with E-state index >= 15 is 0 Å². The van der Waals surface area contributed by atoms with Crippen molar-refractivity contribution in [2.75, 3.05) is 26.3 Å². The highest BCUT2D eigenvalue weighted by Gasteiger charge is 2.15. The van der Waals surface area contributed by atoms with Crippen molar-refractivity contribution in [2.24, 2.45) is 5.92 Å². The molecule has 3 nitrogen and oxygen atoms in total. The smallest absolute Gasteiger partial charge is 0.0848 e. The van der Waals surface area contributed by atoms with Gasteiger partial charge in [0.05, 0.1) is 6.10 Å². The van der Waals surface area contributed by atoms with Gasteiger partial charge in [0, 0.05) is 26.3 Å². The van der Waals surface area contributed by atoms with E-state index < -0.39 is 0 Å². The molecule has 0 saturated carbocycles. The first-order valence-electron chi connectivity index (χ1n) is 6.00. The minimum atomic E-state index is -0.275. The molecule has 2 N–H and O–H groups in total. The van der Waals surface area contributed by atoms with Crippen LogP contribution in [0.1, 0.15) is 25.7 Å². The summed E-state index contributed by atoms with van der Waals surface area (Å²) in [7, 11) is 0. The molecule has 2 rings (SSSR count). The summed E-state index contributed by atoms with van der Waals surface area (Å²) in [6.45, 7) is 3.54. The molecule has 1 fully saturated rings. The summed E-state index contributed by atoms with van der Waals surface area (Å²) in [5.74, 6) is 0.832. The van der Waals surface area contributed by atoms with Gasteiger partial charge in [0.15, 0.2) is 0 Å². The Kier molecular flexibility index (Phi) is 4.18. The van der Waals surface area contributed by atoms with Crippen molar-refractivity contribution in [3.8, 4) is 0 Å². The van der Waals surface area contributed by atoms with Crippen molar-refractivity contribution in [3.63, 3.8) is 0 Å². The van der Waals surface area contributed by atoms with E-state index in [9.17, 15) is 5.11 Å². The lowest BCUT2D eigenvalue weighted by Gasteiger charge is -2.24. The maximum Gasteiger partial charge on any atom is 0.0848 e. The largest absolute Gasteiger partial charge is 0.388 e. The van der Waals surface area contributed by atoms with Crippen LogP contribution in [0.5, 0.6) is 0 Å². The van der Waals surface area contributed by atoms with Crippen molar-refractivity contribution in [1.82, 2.24) is 5.32 Å². The predicted octanol–water partition coefficient (Wildman–Crippen LogP) is 1.08. The summed E-state index contributed by atoms with van der Waals surface area (Å²) in [6.07, 6.45) is 6.56. The van der Waals surface area contributed by atoms with Crippen LogP contribution < -0.4 is 5.32 Å². The normalized spacial score (nSPS) is 28.9. The Labute approximate surface area is 91.5 Å². The molecule has 1 saturated heterocycles. The standard InChI is InChI=1S/C12H21NO2/c14-12-7-11(8-13-9-12)2-1-10-3-5-15-6-4-10/h7,10,12-14H,1-6,8-9H2. The molecule has 2 heterocycles. The summed E-state index contributed by atoms with van der Waals surface area (Å²) in [4.78, 5) is 0. The molecule has 0 bridgehead atoms. The third-order valence-corrected chi connectivity index (χ3v) is 3.35. The molecular weight excluding hydrogens is 190 g/mol. The topological polar surface area (TPSA) is 41.5 Å². The average molecular weight is 211 g/mol. The third kappa shape index (κ3) is 3.59. The molecule has 2 aliphatic heterocycles. The van der Waals surface area contributed by atoms with E-state index in [1.54, 1.807) is 0 Å². The van der Waals surface area contributed by atoms with Gasteiger partial charge >= 0.3 is 0 Å². The Morgan fingerprint density at radius 2 is 2.20 bits per heavy atom. The Morgan fingerprint density at radius 3 is 2.93 bits per heavy atom. The Bertz CT molecular complexity index is 222. The highest BCUT2D eigenvalue weighted by Crippen LogP contribution is 2.22. The van der Waals surface area contributed by atoms with Gasteiger partial charge < -0.3 is 15.2 Å². The molecule has 0 radical (unpaired) electrons. The van der Waals surface area contributed by atoms with Gasteiger partial charge in [0.2, 0.25) is 0 Å². The zero-order valence-corrected chi connectivity index (χ0v) is 9.24. The van der Waals surface area contributed by atoms with Crippen molar-refractivity contribution in [2.45, 2.75) is 31.8 Å². The molecule has 0 aromatic heterocycles. The summed E-state index contributed by atoms with van der Waals surface area (Å²) in [5, 5.41) is 12.7. The zero-order valence-electron chi connectivity index (χ0n) is 9.24. The van der Waals surface area contributed by atoms with Crippen LogP contribution in [0.15, 0.2) is 11.6 Å². The van der Waals surface area contributed by atoms with E-state index in [1.807, 2.05) is 6.08 Å². The first-order chi connectivity index (χ1) is 7.34. The lowest BCUT2D eigenvalue weighted by molar-refractivity contribution is 0.0639. The zero-order chi connectivity index (χ0) is 10.5. The lowest BCUT2D eigenvalue weighted by Crippen LogP contribution is -2.32. The second kappa shape index (κ2) is 5.64. The van der Waals surface area contributed by atoms with Crippen molar-refractivity contribution < 1.29 is 9.84 Å². The number of β-amino-alcohol motifs (C(OH)–C–C–N with tert-alkyl or cyclic N) is 1. The molecule has 86 valence electrons. The van der Waals surface area contributed by atoms with Crippen molar-refractivity contribution >= 4 is 0 Å². The van der Waals surface area contributed by atoms with Crippen LogP contribution in [0.25, 0.3) is 0 Å². The van der Waals surface area contributed by atoms with Gasteiger partial charge in [-0.1, -0.05) is 11.6 Å². The van der Waals surface area contributed by atoms with Crippen LogP contribution >= 0.6 is 0 Å². The van der Waals surface area contributed by atoms with Crippen LogP contribution in [0.4, 0.5) is 0 Å². The van der Waals surface area contributed by atoms with Crippen molar-refractivity contribution in [3.05, 3.63) is 11.6 Å². The molecule has 0 aromatic rings. The molecule has 0 amide bonds. The van der Waals surface area contributed by atoms with E-state index in [2.05, 4.69) is 5.32 Å². The average Bonchev–Trinajstić information content (AvgIpc) is 2.28. The fraction of sp³-hybridized carbons (Fsp3) is 0.833. The predicted molar refractivity (Wildman–Crippen MR) is 59.7 cm³/mol. The van der Waals surface area contributed by atoms with Gasteiger partial charge in [0.25, 0.3) is 0 Å². The monoisotopic (exact) mass is 211 g/mol. The first-order valence-corrected chi connectivity index (χ1v) is 6.00. The molecule has 0 aliphatic carbocycles. The number of nitrogens with one attached hydrogen (secondary N) is 1. The highest BCUT2D eigenvalue weighted by atomic mass is 16.5. The third-order valence-electron chi connectivity index (χ3n) is 3.35. The summed E-state index contributed by atoms with van der Waals surface area (Å²) in [5.41, 5.74) is 1.38. The van der Waals surface area contributed by atoms with Crippen molar-refractivity contribution in [1.29, 1.82) is 0 Å². The lowest BCUT2D eigenvalue weighted by atomic mass is 9.92. The van der Waals surface area contributed by atoms with E-state index in [1.165, 1.54) is 24.8 Å². The minimum Gasteiger partial charge on any atom is -0.388 e. The highest BCUT2D eigenvalue weighted by molar-refractivity contribution is 5.11. The number of rotatable bonds is 3. The second-order valence-corrected chi connectivity index (χ2v) is 4.62. The molecule has 3 heteroatoms. The van der Waals surface area contributed by atoms with Crippen LogP contribution in [0, 0.1) is 5.92 Å².